The molecule has 1 aromatic carbocycles. The van der Waals surface area contributed by atoms with Gasteiger partial charge in [-0.3, -0.25) is 5.32 Å². The molecule has 0 saturated carbocycles. The van der Waals surface area contributed by atoms with E-state index in [1.807, 2.05) is 43.3 Å². The first-order chi connectivity index (χ1) is 8.74. The van der Waals surface area contributed by atoms with Crippen LogP contribution in [0.5, 0.6) is 0 Å². The van der Waals surface area contributed by atoms with Gasteiger partial charge in [-0.1, -0.05) is 30.3 Å². The molecule has 1 amide bonds. The Morgan fingerprint density at radius 1 is 1.44 bits per heavy atom. The van der Waals surface area contributed by atoms with Crippen molar-refractivity contribution < 1.29 is 14.3 Å². The summed E-state index contributed by atoms with van der Waals surface area (Å²) in [5.41, 5.74) is 1.80. The fourth-order valence-electron chi connectivity index (χ4n) is 1.78. The third-order valence-corrected chi connectivity index (χ3v) is 2.64. The van der Waals surface area contributed by atoms with Gasteiger partial charge in [0.05, 0.1) is 13.2 Å². The third-order valence-electron chi connectivity index (χ3n) is 2.64. The van der Waals surface area contributed by atoms with E-state index in [9.17, 15) is 4.79 Å². The van der Waals surface area contributed by atoms with Gasteiger partial charge in [0.1, 0.15) is 6.10 Å². The maximum Gasteiger partial charge on any atom is 0.411 e. The van der Waals surface area contributed by atoms with E-state index in [1.54, 1.807) is 0 Å². The van der Waals surface area contributed by atoms with Gasteiger partial charge in [-0.05, 0) is 18.6 Å². The number of carbonyl (C=O) groups is 1. The van der Waals surface area contributed by atoms with Gasteiger partial charge in [-0.15, -0.1) is 0 Å². The van der Waals surface area contributed by atoms with Gasteiger partial charge < -0.3 is 9.47 Å². The number of benzene rings is 1. The molecule has 0 unspecified atom stereocenters. The monoisotopic (exact) mass is 247 g/mol. The molecule has 0 radical (unpaired) electrons. The zero-order valence-corrected chi connectivity index (χ0v) is 10.4. The van der Waals surface area contributed by atoms with Crippen LogP contribution < -0.4 is 5.32 Å². The Balaban J connectivity index is 1.84. The molecule has 2 rings (SSSR count). The minimum absolute atomic E-state index is 0.116. The van der Waals surface area contributed by atoms with E-state index in [-0.39, 0.29) is 6.10 Å². The van der Waals surface area contributed by atoms with Crippen molar-refractivity contribution in [2.75, 3.05) is 13.2 Å². The average molecular weight is 247 g/mol. The van der Waals surface area contributed by atoms with Gasteiger partial charge in [0.2, 0.25) is 0 Å². The number of hydrogen-bond acceptors (Lipinski definition) is 3. The van der Waals surface area contributed by atoms with Crippen LogP contribution in [0.1, 0.15) is 18.9 Å². The summed E-state index contributed by atoms with van der Waals surface area (Å²) >= 11 is 0. The predicted molar refractivity (Wildman–Crippen MR) is 68.9 cm³/mol. The maximum atomic E-state index is 11.6. The largest absolute Gasteiger partial charge is 0.443 e. The van der Waals surface area contributed by atoms with E-state index in [1.165, 1.54) is 0 Å². The minimum atomic E-state index is -0.421. The van der Waals surface area contributed by atoms with E-state index in [2.05, 4.69) is 5.32 Å². The lowest BCUT2D eigenvalue weighted by atomic mass is 10.2. The average Bonchev–Trinajstić information content (AvgIpc) is 2.82. The van der Waals surface area contributed by atoms with E-state index in [0.29, 0.717) is 13.2 Å². The van der Waals surface area contributed by atoms with Gasteiger partial charge in [0.15, 0.2) is 0 Å². The molecule has 18 heavy (non-hydrogen) atoms. The Morgan fingerprint density at radius 2 is 2.22 bits per heavy atom. The van der Waals surface area contributed by atoms with Crippen LogP contribution in [-0.4, -0.2) is 25.4 Å². The summed E-state index contributed by atoms with van der Waals surface area (Å²) in [6.45, 7) is 2.99. The number of allylic oxidation sites excluding steroid dienone is 1. The van der Waals surface area contributed by atoms with E-state index in [4.69, 9.17) is 9.47 Å². The van der Waals surface area contributed by atoms with Crippen LogP contribution >= 0.6 is 0 Å². The Labute approximate surface area is 107 Å². The van der Waals surface area contributed by atoms with Crippen LogP contribution in [0.15, 0.2) is 36.0 Å². The van der Waals surface area contributed by atoms with Crippen molar-refractivity contribution in [3.05, 3.63) is 41.6 Å². The summed E-state index contributed by atoms with van der Waals surface area (Å²) in [4.78, 5) is 11.6. The topological polar surface area (TPSA) is 47.6 Å². The zero-order chi connectivity index (χ0) is 12.8. The number of alkyl carbamates (subject to hydrolysis) is 1. The molecule has 1 saturated heterocycles. The molecule has 96 valence electrons. The number of rotatable bonds is 3. The normalized spacial score (nSPS) is 19.6. The van der Waals surface area contributed by atoms with Crippen molar-refractivity contribution in [2.45, 2.75) is 19.4 Å². The molecule has 0 aromatic heterocycles. The highest BCUT2D eigenvalue weighted by Crippen LogP contribution is 2.09. The smallest absolute Gasteiger partial charge is 0.411 e. The third kappa shape index (κ3) is 3.89. The number of nitrogens with one attached hydrogen (secondary N) is 1. The van der Waals surface area contributed by atoms with Crippen molar-refractivity contribution in [3.8, 4) is 0 Å². The fourth-order valence-corrected chi connectivity index (χ4v) is 1.78. The van der Waals surface area contributed by atoms with Crippen LogP contribution in [-0.2, 0) is 9.47 Å². The van der Waals surface area contributed by atoms with Gasteiger partial charge >= 0.3 is 6.09 Å². The molecule has 0 bridgehead atoms. The van der Waals surface area contributed by atoms with Crippen molar-refractivity contribution >= 4 is 12.2 Å². The lowest BCUT2D eigenvalue weighted by molar-refractivity contribution is 0.0850. The van der Waals surface area contributed by atoms with Gasteiger partial charge in [0, 0.05) is 12.1 Å². The van der Waals surface area contributed by atoms with Crippen LogP contribution in [0.2, 0.25) is 0 Å². The number of carbonyl (C=O) groups excluding carboxylic acids is 1. The van der Waals surface area contributed by atoms with Gasteiger partial charge in [0.25, 0.3) is 0 Å². The summed E-state index contributed by atoms with van der Waals surface area (Å²) < 4.78 is 10.3. The van der Waals surface area contributed by atoms with Crippen molar-refractivity contribution in [3.63, 3.8) is 0 Å². The predicted octanol–water partition coefficient (Wildman–Crippen LogP) is 2.56. The Kier molecular flexibility index (Phi) is 4.36. The summed E-state index contributed by atoms with van der Waals surface area (Å²) in [5.74, 6) is 0. The van der Waals surface area contributed by atoms with E-state index < -0.39 is 6.09 Å². The molecule has 1 fully saturated rings. The maximum absolute atomic E-state index is 11.6. The summed E-state index contributed by atoms with van der Waals surface area (Å²) in [5, 5.41) is 2.70. The lowest BCUT2D eigenvalue weighted by Gasteiger charge is -2.11. The summed E-state index contributed by atoms with van der Waals surface area (Å²) in [6, 6.07) is 9.80. The standard InChI is InChI=1S/C14H17NO3/c1-11(9-12-5-3-2-4-6-12)15-14(16)18-13-7-8-17-10-13/h2-6,9,13H,7-8,10H2,1H3,(H,15,16)/b11-9+/t13-/m0/s1. The number of hydrogen-bond donors (Lipinski definition) is 1. The van der Waals surface area contributed by atoms with Crippen LogP contribution in [0, 0.1) is 0 Å². The Bertz CT molecular complexity index is 422. The molecule has 1 heterocycles. The molecule has 1 N–H and O–H groups in total. The molecular weight excluding hydrogens is 230 g/mol. The quantitative estimate of drug-likeness (QED) is 0.893. The van der Waals surface area contributed by atoms with Crippen molar-refractivity contribution in [1.29, 1.82) is 0 Å². The highest BCUT2D eigenvalue weighted by molar-refractivity contribution is 5.71. The molecule has 0 aliphatic carbocycles. The van der Waals surface area contributed by atoms with E-state index in [0.717, 1.165) is 17.7 Å². The second-order valence-electron chi connectivity index (χ2n) is 4.25. The highest BCUT2D eigenvalue weighted by atomic mass is 16.6. The van der Waals surface area contributed by atoms with Gasteiger partial charge in [-0.25, -0.2) is 4.79 Å². The van der Waals surface area contributed by atoms with Crippen LogP contribution in [0.3, 0.4) is 0 Å². The second-order valence-corrected chi connectivity index (χ2v) is 4.25. The van der Waals surface area contributed by atoms with Crippen molar-refractivity contribution in [2.24, 2.45) is 0 Å². The molecule has 0 spiro atoms. The molecule has 1 aromatic rings. The first-order valence-electron chi connectivity index (χ1n) is 6.03. The summed E-state index contributed by atoms with van der Waals surface area (Å²) in [6.07, 6.45) is 2.13. The number of ether oxygens (including phenoxy) is 2. The molecule has 1 aliphatic rings. The molecule has 1 atom stereocenters. The SMILES string of the molecule is C/C(=C\c1ccccc1)NC(=O)O[C@H]1CCOC1. The van der Waals surface area contributed by atoms with Crippen LogP contribution in [0.25, 0.3) is 6.08 Å². The second kappa shape index (κ2) is 6.21. The Morgan fingerprint density at radius 3 is 2.89 bits per heavy atom. The van der Waals surface area contributed by atoms with Crippen molar-refractivity contribution in [1.82, 2.24) is 5.32 Å². The summed E-state index contributed by atoms with van der Waals surface area (Å²) in [7, 11) is 0. The molecular formula is C14H17NO3. The first-order valence-corrected chi connectivity index (χ1v) is 6.03. The molecule has 4 nitrogen and oxygen atoms in total. The molecule has 4 heteroatoms. The van der Waals surface area contributed by atoms with Crippen LogP contribution in [0.4, 0.5) is 4.79 Å². The zero-order valence-electron chi connectivity index (χ0n) is 10.4. The van der Waals surface area contributed by atoms with E-state index >= 15 is 0 Å². The highest BCUT2D eigenvalue weighted by Gasteiger charge is 2.19. The lowest BCUT2D eigenvalue weighted by Crippen LogP contribution is -2.27. The minimum Gasteiger partial charge on any atom is -0.443 e. The van der Waals surface area contributed by atoms with Gasteiger partial charge in [-0.2, -0.15) is 0 Å². The molecule has 1 aliphatic heterocycles. The first kappa shape index (κ1) is 12.6. The fraction of sp³-hybridized carbons (Fsp3) is 0.357. The number of amides is 1. The Hall–Kier alpha value is -1.81.